The largest absolute Gasteiger partial charge is 0.478 e. The number of methoxy groups -OCH3 is 1. The van der Waals surface area contributed by atoms with Crippen molar-refractivity contribution in [3.05, 3.63) is 28.2 Å². The van der Waals surface area contributed by atoms with E-state index < -0.39 is 6.10 Å². The molecule has 0 spiro atoms. The molecule has 0 fully saturated rings. The highest BCUT2D eigenvalue weighted by atomic mass is 79.9. The first-order valence-electron chi connectivity index (χ1n) is 4.55. The molecule has 1 aromatic rings. The van der Waals surface area contributed by atoms with Crippen LogP contribution in [0.4, 0.5) is 0 Å². The lowest BCUT2D eigenvalue weighted by Crippen LogP contribution is -2.25. The molecule has 0 bridgehead atoms. The molecule has 0 aliphatic heterocycles. The van der Waals surface area contributed by atoms with Crippen LogP contribution >= 0.6 is 15.9 Å². The summed E-state index contributed by atoms with van der Waals surface area (Å²) in [6.45, 7) is 3.64. The van der Waals surface area contributed by atoms with Crippen molar-refractivity contribution < 1.29 is 14.3 Å². The van der Waals surface area contributed by atoms with Crippen LogP contribution in [0.25, 0.3) is 0 Å². The third kappa shape index (κ3) is 3.23. The Morgan fingerprint density at radius 2 is 2.13 bits per heavy atom. The molecule has 82 valence electrons. The Hall–Kier alpha value is -1.03. The zero-order valence-electron chi connectivity index (χ0n) is 8.91. The molecule has 1 atom stereocenters. The van der Waals surface area contributed by atoms with Crippen LogP contribution in [-0.2, 0) is 9.53 Å². The summed E-state index contributed by atoms with van der Waals surface area (Å²) in [6, 6.07) is 5.67. The lowest BCUT2D eigenvalue weighted by atomic mass is 10.2. The van der Waals surface area contributed by atoms with E-state index >= 15 is 0 Å². The quantitative estimate of drug-likeness (QED) is 0.794. The average Bonchev–Trinajstić information content (AvgIpc) is 2.20. The lowest BCUT2D eigenvalue weighted by Gasteiger charge is -2.13. The minimum absolute atomic E-state index is 0.387. The number of hydrogen-bond acceptors (Lipinski definition) is 3. The fourth-order valence-corrected chi connectivity index (χ4v) is 1.69. The maximum atomic E-state index is 11.1. The van der Waals surface area contributed by atoms with Crippen LogP contribution in [0, 0.1) is 6.92 Å². The number of rotatable bonds is 3. The molecule has 1 rings (SSSR count). The van der Waals surface area contributed by atoms with Crippen LogP contribution in [0.1, 0.15) is 12.5 Å². The SMILES string of the molecule is COC(=O)[C@H](C)Oc1ccc(C)cc1Br. The van der Waals surface area contributed by atoms with Crippen LogP contribution in [0.15, 0.2) is 22.7 Å². The number of carbonyl (C=O) groups is 1. The highest BCUT2D eigenvalue weighted by Crippen LogP contribution is 2.26. The van der Waals surface area contributed by atoms with Crippen LogP contribution in [0.2, 0.25) is 0 Å². The Kier molecular flexibility index (Phi) is 4.15. The van der Waals surface area contributed by atoms with Crippen molar-refractivity contribution in [3.8, 4) is 5.75 Å². The summed E-state index contributed by atoms with van der Waals surface area (Å²) in [6.07, 6.45) is -0.603. The summed E-state index contributed by atoms with van der Waals surface area (Å²) >= 11 is 3.37. The molecule has 0 amide bonds. The van der Waals surface area contributed by atoms with Gasteiger partial charge >= 0.3 is 5.97 Å². The van der Waals surface area contributed by atoms with Gasteiger partial charge in [-0.15, -0.1) is 0 Å². The van der Waals surface area contributed by atoms with E-state index in [0.717, 1.165) is 10.0 Å². The van der Waals surface area contributed by atoms with Crippen molar-refractivity contribution >= 4 is 21.9 Å². The molecule has 0 radical (unpaired) electrons. The molecule has 3 nitrogen and oxygen atoms in total. The third-order valence-corrected chi connectivity index (χ3v) is 2.54. The van der Waals surface area contributed by atoms with Crippen molar-refractivity contribution in [3.63, 3.8) is 0 Å². The third-order valence-electron chi connectivity index (χ3n) is 1.92. The zero-order chi connectivity index (χ0) is 11.4. The Morgan fingerprint density at radius 1 is 1.47 bits per heavy atom. The van der Waals surface area contributed by atoms with E-state index in [1.165, 1.54) is 7.11 Å². The number of esters is 1. The van der Waals surface area contributed by atoms with Gasteiger partial charge in [-0.1, -0.05) is 6.07 Å². The average molecular weight is 273 g/mol. The molecule has 0 saturated carbocycles. The molecule has 0 aliphatic carbocycles. The molecule has 0 aromatic heterocycles. The van der Waals surface area contributed by atoms with E-state index in [1.54, 1.807) is 6.92 Å². The monoisotopic (exact) mass is 272 g/mol. The maximum absolute atomic E-state index is 11.1. The Labute approximate surface area is 97.5 Å². The predicted octanol–water partition coefficient (Wildman–Crippen LogP) is 2.70. The summed E-state index contributed by atoms with van der Waals surface area (Å²) in [5.41, 5.74) is 1.12. The first kappa shape index (κ1) is 12.0. The van der Waals surface area contributed by atoms with Gasteiger partial charge in [0.2, 0.25) is 0 Å². The van der Waals surface area contributed by atoms with Gasteiger partial charge in [-0.3, -0.25) is 0 Å². The minimum Gasteiger partial charge on any atom is -0.478 e. The zero-order valence-corrected chi connectivity index (χ0v) is 10.5. The van der Waals surface area contributed by atoms with Crippen molar-refractivity contribution in [2.24, 2.45) is 0 Å². The number of ether oxygens (including phenoxy) is 2. The second kappa shape index (κ2) is 5.16. The fraction of sp³-hybridized carbons (Fsp3) is 0.364. The highest BCUT2D eigenvalue weighted by Gasteiger charge is 2.15. The fourth-order valence-electron chi connectivity index (χ4n) is 1.11. The topological polar surface area (TPSA) is 35.5 Å². The van der Waals surface area contributed by atoms with Gasteiger partial charge in [-0.2, -0.15) is 0 Å². The van der Waals surface area contributed by atoms with Crippen LogP contribution in [-0.4, -0.2) is 19.2 Å². The number of aryl methyl sites for hydroxylation is 1. The molecule has 0 aliphatic rings. The standard InChI is InChI=1S/C11H13BrO3/c1-7-4-5-10(9(12)6-7)15-8(2)11(13)14-3/h4-6,8H,1-3H3/t8-/m0/s1. The molecular formula is C11H13BrO3. The summed E-state index contributed by atoms with van der Waals surface area (Å²) in [5.74, 6) is 0.251. The first-order chi connectivity index (χ1) is 7.04. The summed E-state index contributed by atoms with van der Waals surface area (Å²) in [5, 5.41) is 0. The van der Waals surface area contributed by atoms with Gasteiger partial charge in [0.25, 0.3) is 0 Å². The minimum atomic E-state index is -0.603. The van der Waals surface area contributed by atoms with Gasteiger partial charge in [0.15, 0.2) is 6.10 Å². The number of hydrogen-bond donors (Lipinski definition) is 0. The van der Waals surface area contributed by atoms with Crippen molar-refractivity contribution in [1.29, 1.82) is 0 Å². The van der Waals surface area contributed by atoms with Gasteiger partial charge in [0.1, 0.15) is 5.75 Å². The Balaban J connectivity index is 2.76. The molecule has 0 heterocycles. The molecule has 15 heavy (non-hydrogen) atoms. The van der Waals surface area contributed by atoms with Gasteiger partial charge in [-0.25, -0.2) is 4.79 Å². The van der Waals surface area contributed by atoms with Gasteiger partial charge in [-0.05, 0) is 47.5 Å². The second-order valence-corrected chi connectivity index (χ2v) is 4.07. The highest BCUT2D eigenvalue weighted by molar-refractivity contribution is 9.10. The van der Waals surface area contributed by atoms with Crippen molar-refractivity contribution in [2.75, 3.05) is 7.11 Å². The van der Waals surface area contributed by atoms with Gasteiger partial charge < -0.3 is 9.47 Å². The maximum Gasteiger partial charge on any atom is 0.346 e. The van der Waals surface area contributed by atoms with E-state index in [2.05, 4.69) is 20.7 Å². The van der Waals surface area contributed by atoms with Crippen LogP contribution in [0.3, 0.4) is 0 Å². The van der Waals surface area contributed by atoms with Crippen LogP contribution < -0.4 is 4.74 Å². The predicted molar refractivity (Wildman–Crippen MR) is 61.0 cm³/mol. The van der Waals surface area contributed by atoms with Crippen molar-refractivity contribution in [2.45, 2.75) is 20.0 Å². The molecular weight excluding hydrogens is 260 g/mol. The number of benzene rings is 1. The van der Waals surface area contributed by atoms with E-state index in [9.17, 15) is 4.79 Å². The molecule has 0 N–H and O–H groups in total. The Morgan fingerprint density at radius 3 is 2.67 bits per heavy atom. The summed E-state index contributed by atoms with van der Waals surface area (Å²) < 4.78 is 10.8. The van der Waals surface area contributed by atoms with E-state index in [4.69, 9.17) is 4.74 Å². The Bertz CT molecular complexity index is 363. The molecule has 4 heteroatoms. The van der Waals surface area contributed by atoms with Crippen LogP contribution in [0.5, 0.6) is 5.75 Å². The normalized spacial score (nSPS) is 12.0. The second-order valence-electron chi connectivity index (χ2n) is 3.22. The molecule has 0 saturated heterocycles. The first-order valence-corrected chi connectivity index (χ1v) is 5.34. The van der Waals surface area contributed by atoms with E-state index in [1.807, 2.05) is 25.1 Å². The number of halogens is 1. The van der Waals surface area contributed by atoms with Crippen molar-refractivity contribution in [1.82, 2.24) is 0 Å². The molecule has 1 aromatic carbocycles. The van der Waals surface area contributed by atoms with Gasteiger partial charge in [0.05, 0.1) is 11.6 Å². The lowest BCUT2D eigenvalue weighted by molar-refractivity contribution is -0.147. The summed E-state index contributed by atoms with van der Waals surface area (Å²) in [7, 11) is 1.34. The number of carbonyl (C=O) groups excluding carboxylic acids is 1. The van der Waals surface area contributed by atoms with E-state index in [-0.39, 0.29) is 5.97 Å². The van der Waals surface area contributed by atoms with Gasteiger partial charge in [0, 0.05) is 0 Å². The smallest absolute Gasteiger partial charge is 0.346 e. The summed E-state index contributed by atoms with van der Waals surface area (Å²) in [4.78, 5) is 11.1. The van der Waals surface area contributed by atoms with E-state index in [0.29, 0.717) is 5.75 Å². The molecule has 0 unspecified atom stereocenters.